The van der Waals surface area contributed by atoms with Gasteiger partial charge in [-0.05, 0) is 25.3 Å². The van der Waals surface area contributed by atoms with Crippen molar-refractivity contribution >= 4 is 17.6 Å². The van der Waals surface area contributed by atoms with Crippen LogP contribution in [0.5, 0.6) is 11.5 Å². The van der Waals surface area contributed by atoms with E-state index in [0.717, 1.165) is 24.0 Å². The average molecular weight is 283 g/mol. The lowest BCUT2D eigenvalue weighted by Crippen LogP contribution is -2.21. The molecule has 1 saturated carbocycles. The van der Waals surface area contributed by atoms with Crippen molar-refractivity contribution in [2.45, 2.75) is 31.6 Å². The molecule has 1 N–H and O–H groups in total. The normalized spacial score (nSPS) is 19.1. The highest BCUT2D eigenvalue weighted by molar-refractivity contribution is 6.31. The Balaban J connectivity index is 2.14. The molecule has 0 bridgehead atoms. The number of halogens is 1. The van der Waals surface area contributed by atoms with Crippen LogP contribution in [0.25, 0.3) is 0 Å². The second-order valence-corrected chi connectivity index (χ2v) is 5.64. The molecule has 1 heterocycles. The summed E-state index contributed by atoms with van der Waals surface area (Å²) in [5.41, 5.74) is 1.51. The Morgan fingerprint density at radius 2 is 2.11 bits per heavy atom. The van der Waals surface area contributed by atoms with Crippen LogP contribution in [0.15, 0.2) is 6.07 Å². The molecule has 1 aliphatic heterocycles. The van der Waals surface area contributed by atoms with Crippen molar-refractivity contribution in [3.63, 3.8) is 0 Å². The van der Waals surface area contributed by atoms with Gasteiger partial charge < -0.3 is 14.6 Å². The third-order valence-corrected chi connectivity index (χ3v) is 4.30. The van der Waals surface area contributed by atoms with Gasteiger partial charge in [0, 0.05) is 22.1 Å². The van der Waals surface area contributed by atoms with E-state index in [1.165, 1.54) is 0 Å². The first-order chi connectivity index (χ1) is 9.03. The molecule has 2 aliphatic rings. The van der Waals surface area contributed by atoms with Gasteiger partial charge in [-0.25, -0.2) is 0 Å². The highest BCUT2D eigenvalue weighted by Crippen LogP contribution is 2.58. The van der Waals surface area contributed by atoms with Gasteiger partial charge in [0.2, 0.25) is 0 Å². The summed E-state index contributed by atoms with van der Waals surface area (Å²) in [5, 5.41) is 9.72. The first-order valence-electron chi connectivity index (χ1n) is 6.34. The molecular formula is C14H15ClO4. The van der Waals surface area contributed by atoms with Gasteiger partial charge in [-0.2, -0.15) is 0 Å². The van der Waals surface area contributed by atoms with Crippen LogP contribution < -0.4 is 9.47 Å². The summed E-state index contributed by atoms with van der Waals surface area (Å²) < 4.78 is 11.3. The summed E-state index contributed by atoms with van der Waals surface area (Å²) >= 11 is 6.24. The zero-order valence-electron chi connectivity index (χ0n) is 10.7. The fourth-order valence-electron chi connectivity index (χ4n) is 2.84. The van der Waals surface area contributed by atoms with Crippen LogP contribution in [0.1, 0.15) is 30.4 Å². The molecule has 5 heteroatoms. The molecule has 19 heavy (non-hydrogen) atoms. The van der Waals surface area contributed by atoms with E-state index in [1.807, 2.05) is 6.92 Å². The molecule has 3 rings (SSSR count). The maximum Gasteiger partial charge on any atom is 0.304 e. The van der Waals surface area contributed by atoms with Crippen molar-refractivity contribution in [3.8, 4) is 11.5 Å². The summed E-state index contributed by atoms with van der Waals surface area (Å²) in [4.78, 5) is 11.1. The van der Waals surface area contributed by atoms with Gasteiger partial charge in [0.25, 0.3) is 0 Å². The van der Waals surface area contributed by atoms with Crippen molar-refractivity contribution in [2.24, 2.45) is 0 Å². The largest absolute Gasteiger partial charge is 0.486 e. The van der Waals surface area contributed by atoms with E-state index in [-0.39, 0.29) is 11.8 Å². The lowest BCUT2D eigenvalue weighted by atomic mass is 9.87. The Hall–Kier alpha value is -1.42. The third kappa shape index (κ3) is 2.04. The quantitative estimate of drug-likeness (QED) is 0.926. The molecule has 0 unspecified atom stereocenters. The Bertz CT molecular complexity index is 549. The van der Waals surface area contributed by atoms with E-state index in [0.29, 0.717) is 29.7 Å². The summed E-state index contributed by atoms with van der Waals surface area (Å²) in [5.74, 6) is 0.530. The van der Waals surface area contributed by atoms with Crippen LogP contribution in [0.4, 0.5) is 0 Å². The molecule has 102 valence electrons. The second kappa shape index (κ2) is 4.30. The fourth-order valence-corrected chi connectivity index (χ4v) is 3.04. The van der Waals surface area contributed by atoms with Gasteiger partial charge in [-0.15, -0.1) is 0 Å². The number of carboxylic acids is 1. The van der Waals surface area contributed by atoms with E-state index in [4.69, 9.17) is 26.2 Å². The Labute approximate surface area is 116 Å². The van der Waals surface area contributed by atoms with Gasteiger partial charge >= 0.3 is 5.97 Å². The number of hydrogen-bond acceptors (Lipinski definition) is 3. The second-order valence-electron chi connectivity index (χ2n) is 5.23. The van der Waals surface area contributed by atoms with Crippen molar-refractivity contribution < 1.29 is 19.4 Å². The van der Waals surface area contributed by atoms with Gasteiger partial charge in [0.05, 0.1) is 6.42 Å². The number of hydrogen-bond donors (Lipinski definition) is 1. The Morgan fingerprint density at radius 3 is 2.74 bits per heavy atom. The zero-order chi connectivity index (χ0) is 13.6. The van der Waals surface area contributed by atoms with Crippen LogP contribution in [-0.4, -0.2) is 24.3 Å². The van der Waals surface area contributed by atoms with Crippen molar-refractivity contribution in [3.05, 3.63) is 22.2 Å². The minimum Gasteiger partial charge on any atom is -0.486 e. The summed E-state index contributed by atoms with van der Waals surface area (Å²) in [6, 6.07) is 1.76. The van der Waals surface area contributed by atoms with Gasteiger partial charge in [0.15, 0.2) is 11.5 Å². The zero-order valence-corrected chi connectivity index (χ0v) is 11.4. The Kier molecular flexibility index (Phi) is 2.86. The molecule has 0 atom stereocenters. The van der Waals surface area contributed by atoms with Crippen LogP contribution in [-0.2, 0) is 10.2 Å². The monoisotopic (exact) mass is 282 g/mol. The molecule has 0 aromatic heterocycles. The number of benzene rings is 1. The first-order valence-corrected chi connectivity index (χ1v) is 6.72. The van der Waals surface area contributed by atoms with Crippen molar-refractivity contribution in [2.75, 3.05) is 13.2 Å². The fraction of sp³-hybridized carbons (Fsp3) is 0.500. The number of carboxylic acid groups (broad SMARTS) is 1. The lowest BCUT2D eigenvalue weighted by Gasteiger charge is -2.27. The standard InChI is InChI=1S/C14H15ClO4/c1-8-9(15)6-10-13(19-5-4-18-10)12(8)14(2-3-14)7-11(16)17/h6H,2-5,7H2,1H3,(H,16,17). The molecule has 1 fully saturated rings. The lowest BCUT2D eigenvalue weighted by molar-refractivity contribution is -0.137. The molecule has 0 saturated heterocycles. The number of ether oxygens (including phenoxy) is 2. The van der Waals surface area contributed by atoms with E-state index in [9.17, 15) is 4.79 Å². The number of carbonyl (C=O) groups is 1. The highest BCUT2D eigenvalue weighted by atomic mass is 35.5. The van der Waals surface area contributed by atoms with E-state index in [2.05, 4.69) is 0 Å². The highest BCUT2D eigenvalue weighted by Gasteiger charge is 2.50. The SMILES string of the molecule is Cc1c(Cl)cc2c(c1C1(CC(=O)O)CC1)OCCO2. The molecule has 1 aromatic rings. The van der Waals surface area contributed by atoms with E-state index >= 15 is 0 Å². The minimum absolute atomic E-state index is 0.115. The van der Waals surface area contributed by atoms with Crippen molar-refractivity contribution in [1.82, 2.24) is 0 Å². The molecule has 0 radical (unpaired) electrons. The van der Waals surface area contributed by atoms with Gasteiger partial charge in [0.1, 0.15) is 13.2 Å². The maximum atomic E-state index is 11.1. The van der Waals surface area contributed by atoms with Crippen molar-refractivity contribution in [1.29, 1.82) is 0 Å². The molecular weight excluding hydrogens is 268 g/mol. The smallest absolute Gasteiger partial charge is 0.304 e. The predicted molar refractivity (Wildman–Crippen MR) is 70.3 cm³/mol. The van der Waals surface area contributed by atoms with Crippen LogP contribution in [0.2, 0.25) is 5.02 Å². The molecule has 4 nitrogen and oxygen atoms in total. The maximum absolute atomic E-state index is 11.1. The minimum atomic E-state index is -0.789. The van der Waals surface area contributed by atoms with E-state index < -0.39 is 5.97 Å². The molecule has 1 aliphatic carbocycles. The average Bonchev–Trinajstić information content (AvgIpc) is 3.10. The van der Waals surface area contributed by atoms with Crippen LogP contribution in [0.3, 0.4) is 0 Å². The van der Waals surface area contributed by atoms with Gasteiger partial charge in [-0.3, -0.25) is 4.79 Å². The molecule has 0 amide bonds. The Morgan fingerprint density at radius 1 is 1.42 bits per heavy atom. The summed E-state index contributed by atoms with van der Waals surface area (Å²) in [6.07, 6.45) is 1.83. The topological polar surface area (TPSA) is 55.8 Å². The number of rotatable bonds is 3. The first kappa shape index (κ1) is 12.6. The van der Waals surface area contributed by atoms with Gasteiger partial charge in [-0.1, -0.05) is 11.6 Å². The summed E-state index contributed by atoms with van der Waals surface area (Å²) in [6.45, 7) is 2.90. The van der Waals surface area contributed by atoms with Crippen LogP contribution >= 0.6 is 11.6 Å². The van der Waals surface area contributed by atoms with E-state index in [1.54, 1.807) is 6.07 Å². The molecule has 1 aromatic carbocycles. The summed E-state index contributed by atoms with van der Waals surface area (Å²) in [7, 11) is 0. The number of aliphatic carboxylic acids is 1. The number of fused-ring (bicyclic) bond motifs is 1. The predicted octanol–water partition coefficient (Wildman–Crippen LogP) is 2.93. The third-order valence-electron chi connectivity index (χ3n) is 3.90. The molecule has 0 spiro atoms. The van der Waals surface area contributed by atoms with Crippen LogP contribution in [0, 0.1) is 6.92 Å².